The molecule has 0 aromatic heterocycles. The minimum atomic E-state index is 0.226. The van der Waals surface area contributed by atoms with Crippen LogP contribution >= 0.6 is 0 Å². The van der Waals surface area contributed by atoms with Gasteiger partial charge in [-0.2, -0.15) is 0 Å². The lowest BCUT2D eigenvalue weighted by molar-refractivity contribution is -0.118. The summed E-state index contributed by atoms with van der Waals surface area (Å²) < 4.78 is 0. The first-order chi connectivity index (χ1) is 12.5. The number of benzene rings is 1. The number of amides is 1. The number of piperidine rings is 1. The van der Waals surface area contributed by atoms with Crippen LogP contribution in [-0.2, 0) is 4.79 Å². The third kappa shape index (κ3) is 4.12. The maximum Gasteiger partial charge on any atom is 0.226 e. The summed E-state index contributed by atoms with van der Waals surface area (Å²) >= 11 is 0. The fourth-order valence-corrected chi connectivity index (χ4v) is 4.54. The molecule has 2 aliphatic rings. The molecule has 4 nitrogen and oxygen atoms in total. The van der Waals surface area contributed by atoms with E-state index in [4.69, 9.17) is 0 Å². The standard InChI is InChI=1S/C22H35N3O/c1-5-22(26)25-17(4)14-20(19-8-6-7-9-21(19)25)23-15-18-10-12-24(13-11-18)16(2)3/h6-9,16-18,20,23H,5,10-15H2,1-4H3. The molecule has 1 fully saturated rings. The highest BCUT2D eigenvalue weighted by molar-refractivity contribution is 5.95. The fourth-order valence-electron chi connectivity index (χ4n) is 4.54. The third-order valence-electron chi connectivity index (χ3n) is 6.19. The Kier molecular flexibility index (Phi) is 6.36. The molecule has 1 aromatic carbocycles. The Hall–Kier alpha value is -1.39. The molecular formula is C22H35N3O. The van der Waals surface area contributed by atoms with Crippen LogP contribution in [-0.4, -0.2) is 42.5 Å². The number of anilines is 1. The van der Waals surface area contributed by atoms with E-state index in [2.05, 4.69) is 49.2 Å². The van der Waals surface area contributed by atoms with E-state index in [1.807, 2.05) is 17.9 Å². The van der Waals surface area contributed by atoms with Gasteiger partial charge in [0, 0.05) is 30.2 Å². The molecule has 2 heterocycles. The molecule has 26 heavy (non-hydrogen) atoms. The summed E-state index contributed by atoms with van der Waals surface area (Å²) in [7, 11) is 0. The Labute approximate surface area is 158 Å². The van der Waals surface area contributed by atoms with Crippen molar-refractivity contribution in [1.82, 2.24) is 10.2 Å². The Morgan fingerprint density at radius 2 is 1.92 bits per heavy atom. The number of nitrogens with one attached hydrogen (secondary N) is 1. The first kappa shape index (κ1) is 19.4. The van der Waals surface area contributed by atoms with Crippen molar-refractivity contribution >= 4 is 11.6 Å². The number of hydrogen-bond donors (Lipinski definition) is 1. The van der Waals surface area contributed by atoms with Crippen LogP contribution < -0.4 is 10.2 Å². The molecule has 1 aromatic rings. The van der Waals surface area contributed by atoms with Gasteiger partial charge < -0.3 is 15.1 Å². The molecule has 0 aliphatic carbocycles. The number of rotatable bonds is 5. The highest BCUT2D eigenvalue weighted by Crippen LogP contribution is 2.37. The first-order valence-corrected chi connectivity index (χ1v) is 10.4. The lowest BCUT2D eigenvalue weighted by atomic mass is 9.90. The summed E-state index contributed by atoms with van der Waals surface area (Å²) in [6.07, 6.45) is 4.13. The molecule has 2 aliphatic heterocycles. The van der Waals surface area contributed by atoms with E-state index < -0.39 is 0 Å². The van der Waals surface area contributed by atoms with Crippen molar-refractivity contribution < 1.29 is 4.79 Å². The van der Waals surface area contributed by atoms with Gasteiger partial charge in [0.05, 0.1) is 0 Å². The number of nitrogens with zero attached hydrogens (tertiary/aromatic N) is 2. The molecule has 4 heteroatoms. The van der Waals surface area contributed by atoms with Gasteiger partial charge in [0.1, 0.15) is 0 Å². The van der Waals surface area contributed by atoms with Gasteiger partial charge in [-0.25, -0.2) is 0 Å². The van der Waals surface area contributed by atoms with Gasteiger partial charge in [0.25, 0.3) is 0 Å². The van der Waals surface area contributed by atoms with Crippen LogP contribution in [0.15, 0.2) is 24.3 Å². The molecule has 2 atom stereocenters. The van der Waals surface area contributed by atoms with E-state index in [1.165, 1.54) is 31.5 Å². The highest BCUT2D eigenvalue weighted by atomic mass is 16.2. The van der Waals surface area contributed by atoms with Crippen molar-refractivity contribution in [3.05, 3.63) is 29.8 Å². The number of fused-ring (bicyclic) bond motifs is 1. The molecule has 0 radical (unpaired) electrons. The topological polar surface area (TPSA) is 35.6 Å². The third-order valence-corrected chi connectivity index (χ3v) is 6.19. The van der Waals surface area contributed by atoms with Crippen molar-refractivity contribution in [2.45, 2.75) is 71.5 Å². The van der Waals surface area contributed by atoms with Crippen LogP contribution in [0.4, 0.5) is 5.69 Å². The second-order valence-electron chi connectivity index (χ2n) is 8.29. The van der Waals surface area contributed by atoms with Crippen LogP contribution in [0.25, 0.3) is 0 Å². The monoisotopic (exact) mass is 357 g/mol. The van der Waals surface area contributed by atoms with E-state index in [9.17, 15) is 4.79 Å². The van der Waals surface area contributed by atoms with Gasteiger partial charge in [-0.05, 0) is 77.2 Å². The number of likely N-dealkylation sites (tertiary alicyclic amines) is 1. The van der Waals surface area contributed by atoms with Crippen molar-refractivity contribution in [1.29, 1.82) is 0 Å². The van der Waals surface area contributed by atoms with E-state index in [-0.39, 0.29) is 11.9 Å². The van der Waals surface area contributed by atoms with Gasteiger partial charge in [-0.3, -0.25) is 4.79 Å². The summed E-state index contributed by atoms with van der Waals surface area (Å²) in [6.45, 7) is 12.2. The molecular weight excluding hydrogens is 322 g/mol. The predicted molar refractivity (Wildman–Crippen MR) is 108 cm³/mol. The Morgan fingerprint density at radius 1 is 1.23 bits per heavy atom. The predicted octanol–water partition coefficient (Wildman–Crippen LogP) is 3.97. The van der Waals surface area contributed by atoms with Gasteiger partial charge in [-0.15, -0.1) is 0 Å². The number of carbonyl (C=O) groups is 1. The zero-order valence-electron chi connectivity index (χ0n) is 16.9. The lowest BCUT2D eigenvalue weighted by Crippen LogP contribution is -2.46. The van der Waals surface area contributed by atoms with E-state index in [1.54, 1.807) is 0 Å². The summed E-state index contributed by atoms with van der Waals surface area (Å²) in [6, 6.07) is 9.70. The minimum absolute atomic E-state index is 0.226. The molecule has 144 valence electrons. The van der Waals surface area contributed by atoms with Gasteiger partial charge in [-0.1, -0.05) is 25.1 Å². The molecule has 0 spiro atoms. The molecule has 0 saturated carbocycles. The Morgan fingerprint density at radius 3 is 2.58 bits per heavy atom. The largest absolute Gasteiger partial charge is 0.310 e. The van der Waals surface area contributed by atoms with Crippen LogP contribution in [0, 0.1) is 5.92 Å². The van der Waals surface area contributed by atoms with Crippen LogP contribution in [0.1, 0.15) is 65.0 Å². The van der Waals surface area contributed by atoms with Crippen molar-refractivity contribution in [3.8, 4) is 0 Å². The highest BCUT2D eigenvalue weighted by Gasteiger charge is 2.33. The van der Waals surface area contributed by atoms with Crippen LogP contribution in [0.5, 0.6) is 0 Å². The average Bonchev–Trinajstić information content (AvgIpc) is 2.66. The van der Waals surface area contributed by atoms with Crippen LogP contribution in [0.2, 0.25) is 0 Å². The number of hydrogen-bond acceptors (Lipinski definition) is 3. The summed E-state index contributed by atoms with van der Waals surface area (Å²) in [5.74, 6) is 0.993. The first-order valence-electron chi connectivity index (χ1n) is 10.4. The quantitative estimate of drug-likeness (QED) is 0.866. The minimum Gasteiger partial charge on any atom is -0.310 e. The van der Waals surface area contributed by atoms with Gasteiger partial charge in [0.2, 0.25) is 5.91 Å². The van der Waals surface area contributed by atoms with Crippen molar-refractivity contribution in [2.75, 3.05) is 24.5 Å². The zero-order valence-corrected chi connectivity index (χ0v) is 16.9. The molecule has 2 unspecified atom stereocenters. The maximum atomic E-state index is 12.4. The molecule has 0 bridgehead atoms. The zero-order chi connectivity index (χ0) is 18.7. The number of para-hydroxylation sites is 1. The van der Waals surface area contributed by atoms with E-state index >= 15 is 0 Å². The second kappa shape index (κ2) is 8.53. The Bertz CT molecular complexity index is 607. The summed E-state index contributed by atoms with van der Waals surface area (Å²) in [5.41, 5.74) is 2.39. The summed E-state index contributed by atoms with van der Waals surface area (Å²) in [4.78, 5) is 17.0. The fraction of sp³-hybridized carbons (Fsp3) is 0.682. The SMILES string of the molecule is CCC(=O)N1c2ccccc2C(NCC2CCN(C(C)C)CC2)CC1C. The van der Waals surface area contributed by atoms with Crippen LogP contribution in [0.3, 0.4) is 0 Å². The second-order valence-corrected chi connectivity index (χ2v) is 8.29. The molecule has 1 amide bonds. The van der Waals surface area contributed by atoms with Crippen molar-refractivity contribution in [2.24, 2.45) is 5.92 Å². The molecule has 3 rings (SSSR count). The maximum absolute atomic E-state index is 12.4. The van der Waals surface area contributed by atoms with Gasteiger partial charge in [0.15, 0.2) is 0 Å². The van der Waals surface area contributed by atoms with Gasteiger partial charge >= 0.3 is 0 Å². The number of carbonyl (C=O) groups excluding carboxylic acids is 1. The van der Waals surface area contributed by atoms with E-state index in [0.29, 0.717) is 18.5 Å². The van der Waals surface area contributed by atoms with E-state index in [0.717, 1.165) is 24.6 Å². The Balaban J connectivity index is 1.65. The molecule has 1 N–H and O–H groups in total. The molecule has 1 saturated heterocycles. The smallest absolute Gasteiger partial charge is 0.226 e. The summed E-state index contributed by atoms with van der Waals surface area (Å²) in [5, 5.41) is 3.84. The normalized spacial score (nSPS) is 24.7. The lowest BCUT2D eigenvalue weighted by Gasteiger charge is -2.41. The average molecular weight is 358 g/mol. The van der Waals surface area contributed by atoms with Crippen molar-refractivity contribution in [3.63, 3.8) is 0 Å².